The molecule has 2 rings (SSSR count). The summed E-state index contributed by atoms with van der Waals surface area (Å²) in [5.41, 5.74) is 0.470. The SMILES string of the molecule is C[C@@H]1C[C@H]1Nc1nccc(C#N)c1Cl. The summed E-state index contributed by atoms with van der Waals surface area (Å²) in [7, 11) is 0. The van der Waals surface area contributed by atoms with Gasteiger partial charge in [-0.15, -0.1) is 0 Å². The van der Waals surface area contributed by atoms with Crippen molar-refractivity contribution in [3.8, 4) is 6.07 Å². The van der Waals surface area contributed by atoms with Crippen LogP contribution in [0.4, 0.5) is 5.82 Å². The number of rotatable bonds is 2. The molecule has 0 bridgehead atoms. The van der Waals surface area contributed by atoms with Gasteiger partial charge in [0.05, 0.1) is 5.56 Å². The summed E-state index contributed by atoms with van der Waals surface area (Å²) in [6, 6.07) is 4.11. The molecule has 1 aromatic heterocycles. The summed E-state index contributed by atoms with van der Waals surface area (Å²) in [6.45, 7) is 2.17. The Bertz CT molecular complexity index is 397. The lowest BCUT2D eigenvalue weighted by Gasteiger charge is -2.06. The van der Waals surface area contributed by atoms with Gasteiger partial charge in [0.1, 0.15) is 16.9 Å². The molecular formula is C10H10ClN3. The topological polar surface area (TPSA) is 48.7 Å². The molecule has 1 aliphatic carbocycles. The number of hydrogen-bond donors (Lipinski definition) is 1. The van der Waals surface area contributed by atoms with Gasteiger partial charge in [0.25, 0.3) is 0 Å². The highest BCUT2D eigenvalue weighted by Gasteiger charge is 2.33. The van der Waals surface area contributed by atoms with Gasteiger partial charge < -0.3 is 5.32 Å². The molecule has 2 atom stereocenters. The predicted octanol–water partition coefficient (Wildman–Crippen LogP) is 2.43. The highest BCUT2D eigenvalue weighted by Crippen LogP contribution is 2.34. The van der Waals surface area contributed by atoms with Crippen LogP contribution in [-0.4, -0.2) is 11.0 Å². The summed E-state index contributed by atoms with van der Waals surface area (Å²) in [6.07, 6.45) is 2.74. The van der Waals surface area contributed by atoms with E-state index in [1.165, 1.54) is 0 Å². The van der Waals surface area contributed by atoms with Crippen molar-refractivity contribution in [3.63, 3.8) is 0 Å². The molecule has 1 heterocycles. The second-order valence-corrected chi connectivity index (χ2v) is 3.97. The van der Waals surface area contributed by atoms with E-state index < -0.39 is 0 Å². The number of aromatic nitrogens is 1. The van der Waals surface area contributed by atoms with Crippen molar-refractivity contribution in [1.29, 1.82) is 5.26 Å². The second kappa shape index (κ2) is 3.47. The number of pyridine rings is 1. The first kappa shape index (κ1) is 9.29. The van der Waals surface area contributed by atoms with Gasteiger partial charge in [-0.3, -0.25) is 0 Å². The van der Waals surface area contributed by atoms with Crippen LogP contribution in [-0.2, 0) is 0 Å². The zero-order chi connectivity index (χ0) is 10.1. The van der Waals surface area contributed by atoms with Crippen LogP contribution < -0.4 is 5.32 Å². The van der Waals surface area contributed by atoms with Crippen molar-refractivity contribution in [1.82, 2.24) is 4.98 Å². The minimum Gasteiger partial charge on any atom is -0.366 e. The van der Waals surface area contributed by atoms with Crippen LogP contribution in [0, 0.1) is 17.2 Å². The number of anilines is 1. The maximum Gasteiger partial charge on any atom is 0.146 e. The molecule has 0 aromatic carbocycles. The fourth-order valence-electron chi connectivity index (χ4n) is 1.33. The van der Waals surface area contributed by atoms with Crippen LogP contribution in [0.1, 0.15) is 18.9 Å². The van der Waals surface area contributed by atoms with E-state index in [9.17, 15) is 0 Å². The molecule has 1 saturated carbocycles. The molecule has 0 aliphatic heterocycles. The van der Waals surface area contributed by atoms with E-state index in [1.807, 2.05) is 6.07 Å². The molecule has 0 radical (unpaired) electrons. The molecule has 14 heavy (non-hydrogen) atoms. The van der Waals surface area contributed by atoms with Crippen LogP contribution in [0.3, 0.4) is 0 Å². The first-order valence-electron chi connectivity index (χ1n) is 4.53. The van der Waals surface area contributed by atoms with Gasteiger partial charge in [-0.05, 0) is 18.4 Å². The van der Waals surface area contributed by atoms with Crippen LogP contribution in [0.15, 0.2) is 12.3 Å². The lowest BCUT2D eigenvalue weighted by atomic mass is 10.3. The molecule has 1 N–H and O–H groups in total. The first-order valence-corrected chi connectivity index (χ1v) is 4.91. The first-order chi connectivity index (χ1) is 6.72. The molecule has 1 aliphatic rings. The summed E-state index contributed by atoms with van der Waals surface area (Å²) in [4.78, 5) is 4.11. The third-order valence-electron chi connectivity index (χ3n) is 2.44. The van der Waals surface area contributed by atoms with Crippen LogP contribution >= 0.6 is 11.6 Å². The van der Waals surface area contributed by atoms with Gasteiger partial charge in [-0.2, -0.15) is 5.26 Å². The Hall–Kier alpha value is -1.27. The van der Waals surface area contributed by atoms with Crippen LogP contribution in [0.25, 0.3) is 0 Å². The van der Waals surface area contributed by atoms with E-state index in [-0.39, 0.29) is 0 Å². The molecule has 4 heteroatoms. The normalized spacial score (nSPS) is 24.1. The molecule has 0 spiro atoms. The lowest BCUT2D eigenvalue weighted by Crippen LogP contribution is -2.06. The average Bonchev–Trinajstić information content (AvgIpc) is 2.86. The number of nitriles is 1. The third kappa shape index (κ3) is 1.66. The van der Waals surface area contributed by atoms with Crippen molar-refractivity contribution in [2.24, 2.45) is 5.92 Å². The molecule has 0 amide bonds. The zero-order valence-electron chi connectivity index (χ0n) is 7.79. The predicted molar refractivity (Wildman–Crippen MR) is 55.2 cm³/mol. The van der Waals surface area contributed by atoms with E-state index in [2.05, 4.69) is 17.2 Å². The minimum atomic E-state index is 0.425. The Kier molecular flexibility index (Phi) is 2.30. The number of nitrogens with one attached hydrogen (secondary N) is 1. The monoisotopic (exact) mass is 207 g/mol. The van der Waals surface area contributed by atoms with Gasteiger partial charge in [0, 0.05) is 12.2 Å². The smallest absolute Gasteiger partial charge is 0.146 e. The molecule has 3 nitrogen and oxygen atoms in total. The highest BCUT2D eigenvalue weighted by atomic mass is 35.5. The Morgan fingerprint density at radius 2 is 2.43 bits per heavy atom. The largest absolute Gasteiger partial charge is 0.366 e. The number of nitrogens with zero attached hydrogens (tertiary/aromatic N) is 2. The number of halogens is 1. The van der Waals surface area contributed by atoms with Gasteiger partial charge in [0.15, 0.2) is 0 Å². The minimum absolute atomic E-state index is 0.425. The van der Waals surface area contributed by atoms with Gasteiger partial charge in [-0.1, -0.05) is 18.5 Å². The fraction of sp³-hybridized carbons (Fsp3) is 0.400. The van der Waals surface area contributed by atoms with Gasteiger partial charge in [0.2, 0.25) is 0 Å². The highest BCUT2D eigenvalue weighted by molar-refractivity contribution is 6.34. The molecule has 1 aromatic rings. The average molecular weight is 208 g/mol. The molecule has 72 valence electrons. The summed E-state index contributed by atoms with van der Waals surface area (Å²) in [5, 5.41) is 12.4. The van der Waals surface area contributed by atoms with Crippen LogP contribution in [0.2, 0.25) is 5.02 Å². The van der Waals surface area contributed by atoms with E-state index in [4.69, 9.17) is 16.9 Å². The maximum atomic E-state index is 8.75. The van der Waals surface area contributed by atoms with Gasteiger partial charge >= 0.3 is 0 Å². The van der Waals surface area contributed by atoms with E-state index in [1.54, 1.807) is 12.3 Å². The third-order valence-corrected chi connectivity index (χ3v) is 2.82. The quantitative estimate of drug-likeness (QED) is 0.811. The Labute approximate surface area is 87.7 Å². The summed E-state index contributed by atoms with van der Waals surface area (Å²) < 4.78 is 0. The second-order valence-electron chi connectivity index (χ2n) is 3.60. The Morgan fingerprint density at radius 1 is 1.71 bits per heavy atom. The summed E-state index contributed by atoms with van der Waals surface area (Å²) >= 11 is 5.98. The summed E-state index contributed by atoms with van der Waals surface area (Å²) in [5.74, 6) is 1.30. The van der Waals surface area contributed by atoms with Crippen LogP contribution in [0.5, 0.6) is 0 Å². The van der Waals surface area contributed by atoms with E-state index in [0.29, 0.717) is 28.4 Å². The van der Waals surface area contributed by atoms with Crippen molar-refractivity contribution in [2.45, 2.75) is 19.4 Å². The Morgan fingerprint density at radius 3 is 3.00 bits per heavy atom. The van der Waals surface area contributed by atoms with Gasteiger partial charge in [-0.25, -0.2) is 4.98 Å². The maximum absolute atomic E-state index is 8.75. The van der Waals surface area contributed by atoms with Crippen molar-refractivity contribution in [3.05, 3.63) is 22.8 Å². The van der Waals surface area contributed by atoms with E-state index >= 15 is 0 Å². The lowest BCUT2D eigenvalue weighted by molar-refractivity contribution is 0.923. The molecular weight excluding hydrogens is 198 g/mol. The molecule has 0 unspecified atom stereocenters. The molecule has 0 saturated heterocycles. The van der Waals surface area contributed by atoms with Crippen molar-refractivity contribution >= 4 is 17.4 Å². The molecule has 1 fully saturated rings. The fourth-order valence-corrected chi connectivity index (χ4v) is 1.54. The number of hydrogen-bond acceptors (Lipinski definition) is 3. The Balaban J connectivity index is 2.21. The zero-order valence-corrected chi connectivity index (χ0v) is 8.54. The van der Waals surface area contributed by atoms with Crippen molar-refractivity contribution in [2.75, 3.05) is 5.32 Å². The van der Waals surface area contributed by atoms with E-state index in [0.717, 1.165) is 6.42 Å². The standard InChI is InChI=1S/C10H10ClN3/c1-6-4-8(6)14-10-9(11)7(5-12)2-3-13-10/h2-3,6,8H,4H2,1H3,(H,13,14)/t6-,8-/m1/s1. The van der Waals surface area contributed by atoms with Crippen molar-refractivity contribution < 1.29 is 0 Å².